The van der Waals surface area contributed by atoms with E-state index in [-0.39, 0.29) is 17.5 Å². The van der Waals surface area contributed by atoms with Crippen LogP contribution in [0.15, 0.2) is 0 Å². The molecule has 3 nitrogen and oxygen atoms in total. The quantitative estimate of drug-likeness (QED) is 0.802. The molecule has 0 aromatic rings. The van der Waals surface area contributed by atoms with E-state index in [4.69, 9.17) is 10.5 Å². The Morgan fingerprint density at radius 2 is 1.76 bits per heavy atom. The molecule has 3 unspecified atom stereocenters. The molecule has 2 aliphatic carbocycles. The van der Waals surface area contributed by atoms with Gasteiger partial charge in [0, 0.05) is 0 Å². The second kappa shape index (κ2) is 6.68. The first-order chi connectivity index (χ1) is 10.2. The van der Waals surface area contributed by atoms with Crippen LogP contribution in [0, 0.1) is 17.8 Å². The molecule has 2 saturated carbocycles. The normalized spacial score (nSPS) is 37.9. The topological polar surface area (TPSA) is 52.3 Å². The van der Waals surface area contributed by atoms with Crippen molar-refractivity contribution in [1.29, 1.82) is 0 Å². The van der Waals surface area contributed by atoms with Crippen LogP contribution in [0.2, 0.25) is 0 Å². The summed E-state index contributed by atoms with van der Waals surface area (Å²) in [7, 11) is 0. The highest BCUT2D eigenvalue weighted by molar-refractivity contribution is 5.74. The Kier molecular flexibility index (Phi) is 4.88. The molecule has 3 rings (SSSR count). The van der Waals surface area contributed by atoms with Crippen molar-refractivity contribution in [2.75, 3.05) is 6.54 Å². The number of ether oxygens (including phenoxy) is 1. The monoisotopic (exact) mass is 293 g/mol. The summed E-state index contributed by atoms with van der Waals surface area (Å²) in [6.07, 6.45) is 14.3. The molecule has 0 radical (unpaired) electrons. The van der Waals surface area contributed by atoms with Crippen molar-refractivity contribution in [3.8, 4) is 0 Å². The SMILES string of the molecule is NCCCC1(C2CCCCC2)CC2CCCCC2C(=O)O1. The van der Waals surface area contributed by atoms with Crippen LogP contribution < -0.4 is 5.73 Å². The van der Waals surface area contributed by atoms with E-state index in [0.717, 1.165) is 25.7 Å². The maximum absolute atomic E-state index is 12.6. The Morgan fingerprint density at radius 1 is 1.05 bits per heavy atom. The first-order valence-electron chi connectivity index (χ1n) is 9.18. The van der Waals surface area contributed by atoms with Crippen LogP contribution in [0.25, 0.3) is 0 Å². The number of rotatable bonds is 4. The lowest BCUT2D eigenvalue weighted by Crippen LogP contribution is -2.52. The molecular weight excluding hydrogens is 262 g/mol. The van der Waals surface area contributed by atoms with Gasteiger partial charge >= 0.3 is 5.97 Å². The zero-order chi connectivity index (χ0) is 14.7. The number of esters is 1. The van der Waals surface area contributed by atoms with Gasteiger partial charge in [-0.3, -0.25) is 4.79 Å². The highest BCUT2D eigenvalue weighted by Gasteiger charge is 2.51. The van der Waals surface area contributed by atoms with Crippen molar-refractivity contribution in [2.45, 2.75) is 82.7 Å². The minimum absolute atomic E-state index is 0.119. The molecule has 120 valence electrons. The van der Waals surface area contributed by atoms with E-state index in [1.165, 1.54) is 51.4 Å². The van der Waals surface area contributed by atoms with Gasteiger partial charge in [-0.05, 0) is 63.3 Å². The second-order valence-electron chi connectivity index (χ2n) is 7.57. The van der Waals surface area contributed by atoms with Gasteiger partial charge in [0.15, 0.2) is 0 Å². The third-order valence-corrected chi connectivity index (χ3v) is 6.28. The molecule has 0 amide bonds. The van der Waals surface area contributed by atoms with E-state index in [1.54, 1.807) is 0 Å². The van der Waals surface area contributed by atoms with Crippen LogP contribution in [0.1, 0.15) is 77.0 Å². The summed E-state index contributed by atoms with van der Waals surface area (Å²) >= 11 is 0. The average Bonchev–Trinajstić information content (AvgIpc) is 2.54. The molecule has 1 aliphatic heterocycles. The molecule has 3 atom stereocenters. The van der Waals surface area contributed by atoms with Gasteiger partial charge in [-0.25, -0.2) is 0 Å². The third-order valence-electron chi connectivity index (χ3n) is 6.28. The third kappa shape index (κ3) is 3.13. The van der Waals surface area contributed by atoms with Crippen LogP contribution in [0.4, 0.5) is 0 Å². The van der Waals surface area contributed by atoms with Crippen LogP contribution in [-0.4, -0.2) is 18.1 Å². The molecule has 1 saturated heterocycles. The van der Waals surface area contributed by atoms with Gasteiger partial charge in [-0.15, -0.1) is 0 Å². The Balaban J connectivity index is 1.79. The molecule has 2 N–H and O–H groups in total. The maximum Gasteiger partial charge on any atom is 0.309 e. The molecule has 0 aromatic carbocycles. The van der Waals surface area contributed by atoms with Crippen LogP contribution >= 0.6 is 0 Å². The number of hydrogen-bond acceptors (Lipinski definition) is 3. The molecule has 3 aliphatic rings. The van der Waals surface area contributed by atoms with Gasteiger partial charge < -0.3 is 10.5 Å². The first kappa shape index (κ1) is 15.3. The summed E-state index contributed by atoms with van der Waals surface area (Å²) < 4.78 is 6.19. The van der Waals surface area contributed by atoms with E-state index >= 15 is 0 Å². The standard InChI is InChI=1S/C18H31NO2/c19-12-6-11-18(15-8-2-1-3-9-15)13-14-7-4-5-10-16(14)17(20)21-18/h14-16H,1-13,19H2. The number of hydrogen-bond donors (Lipinski definition) is 1. The van der Waals surface area contributed by atoms with Gasteiger partial charge in [-0.2, -0.15) is 0 Å². The summed E-state index contributed by atoms with van der Waals surface area (Å²) in [4.78, 5) is 12.6. The van der Waals surface area contributed by atoms with Crippen molar-refractivity contribution in [3.63, 3.8) is 0 Å². The Bertz CT molecular complexity index is 364. The first-order valence-corrected chi connectivity index (χ1v) is 9.18. The molecule has 0 aromatic heterocycles. The van der Waals surface area contributed by atoms with Crippen molar-refractivity contribution >= 4 is 5.97 Å². The lowest BCUT2D eigenvalue weighted by atomic mass is 9.64. The van der Waals surface area contributed by atoms with Crippen LogP contribution in [0.3, 0.4) is 0 Å². The van der Waals surface area contributed by atoms with Crippen molar-refractivity contribution < 1.29 is 9.53 Å². The van der Waals surface area contributed by atoms with Crippen molar-refractivity contribution in [3.05, 3.63) is 0 Å². The highest BCUT2D eigenvalue weighted by Crippen LogP contribution is 2.49. The number of fused-ring (bicyclic) bond motifs is 1. The minimum Gasteiger partial charge on any atom is -0.459 e. The van der Waals surface area contributed by atoms with E-state index in [0.29, 0.717) is 18.4 Å². The molecule has 1 heterocycles. The Hall–Kier alpha value is -0.570. The average molecular weight is 293 g/mol. The van der Waals surface area contributed by atoms with Gasteiger partial charge in [-0.1, -0.05) is 32.1 Å². The Morgan fingerprint density at radius 3 is 2.52 bits per heavy atom. The molecule has 0 spiro atoms. The van der Waals surface area contributed by atoms with Gasteiger partial charge in [0.05, 0.1) is 5.92 Å². The fraction of sp³-hybridized carbons (Fsp3) is 0.944. The van der Waals surface area contributed by atoms with Gasteiger partial charge in [0.1, 0.15) is 5.60 Å². The van der Waals surface area contributed by atoms with Crippen molar-refractivity contribution in [1.82, 2.24) is 0 Å². The van der Waals surface area contributed by atoms with E-state index in [1.807, 2.05) is 0 Å². The summed E-state index contributed by atoms with van der Waals surface area (Å²) in [5.41, 5.74) is 5.59. The van der Waals surface area contributed by atoms with E-state index in [2.05, 4.69) is 0 Å². The van der Waals surface area contributed by atoms with Gasteiger partial charge in [0.25, 0.3) is 0 Å². The Labute approximate surface area is 129 Å². The fourth-order valence-corrected chi connectivity index (χ4v) is 5.16. The van der Waals surface area contributed by atoms with Crippen molar-refractivity contribution in [2.24, 2.45) is 23.5 Å². The molecule has 3 heteroatoms. The lowest BCUT2D eigenvalue weighted by molar-refractivity contribution is -0.196. The van der Waals surface area contributed by atoms with Crippen LogP contribution in [-0.2, 0) is 9.53 Å². The lowest BCUT2D eigenvalue weighted by Gasteiger charge is -2.50. The summed E-state index contributed by atoms with van der Waals surface area (Å²) in [5.74, 6) is 1.49. The number of nitrogens with two attached hydrogens (primary N) is 1. The summed E-state index contributed by atoms with van der Waals surface area (Å²) in [6, 6.07) is 0. The molecule has 3 fully saturated rings. The minimum atomic E-state index is -0.171. The number of cyclic esters (lactones) is 1. The van der Waals surface area contributed by atoms with Gasteiger partial charge in [0.2, 0.25) is 0 Å². The molecule has 21 heavy (non-hydrogen) atoms. The smallest absolute Gasteiger partial charge is 0.309 e. The highest BCUT2D eigenvalue weighted by atomic mass is 16.6. The molecular formula is C18H31NO2. The predicted molar refractivity (Wildman–Crippen MR) is 83.8 cm³/mol. The fourth-order valence-electron chi connectivity index (χ4n) is 5.16. The van der Waals surface area contributed by atoms with E-state index < -0.39 is 0 Å². The maximum atomic E-state index is 12.6. The van der Waals surface area contributed by atoms with Crippen LogP contribution in [0.5, 0.6) is 0 Å². The van der Waals surface area contributed by atoms with E-state index in [9.17, 15) is 4.79 Å². The number of carbonyl (C=O) groups is 1. The summed E-state index contributed by atoms with van der Waals surface area (Å²) in [6.45, 7) is 0.708. The molecule has 0 bridgehead atoms. The number of carbonyl (C=O) groups excluding carboxylic acids is 1. The predicted octanol–water partition coefficient (Wildman–Crippen LogP) is 3.80. The second-order valence-corrected chi connectivity index (χ2v) is 7.57. The zero-order valence-corrected chi connectivity index (χ0v) is 13.3. The summed E-state index contributed by atoms with van der Waals surface area (Å²) in [5, 5.41) is 0. The largest absolute Gasteiger partial charge is 0.459 e. The zero-order valence-electron chi connectivity index (χ0n) is 13.3.